The highest BCUT2D eigenvalue weighted by molar-refractivity contribution is 5.37. The Hall–Kier alpha value is -1.28. The molecule has 0 amide bonds. The Morgan fingerprint density at radius 3 is 2.85 bits per heavy atom. The molecule has 0 heterocycles. The molecule has 2 aliphatic carbocycles. The van der Waals surface area contributed by atoms with Gasteiger partial charge in [-0.25, -0.2) is 0 Å². The number of hydrogen-bond acceptors (Lipinski definition) is 2. The van der Waals surface area contributed by atoms with E-state index in [4.69, 9.17) is 4.74 Å². The number of methoxy groups -OCH3 is 1. The number of hydrogen-bond donors (Lipinski definition) is 1. The lowest BCUT2D eigenvalue weighted by atomic mass is 9.93. The molecule has 1 aromatic carbocycles. The van der Waals surface area contributed by atoms with Crippen LogP contribution in [-0.2, 0) is 6.42 Å². The minimum Gasteiger partial charge on any atom is -0.496 e. The highest BCUT2D eigenvalue weighted by Crippen LogP contribution is 2.42. The molecule has 20 heavy (non-hydrogen) atoms. The number of nitrogens with one attached hydrogen (secondary N) is 1. The van der Waals surface area contributed by atoms with Gasteiger partial charge in [0.05, 0.1) is 7.11 Å². The lowest BCUT2D eigenvalue weighted by molar-refractivity contribution is 0.403. The fraction of sp³-hybridized carbons (Fsp3) is 0.556. The zero-order valence-corrected chi connectivity index (χ0v) is 12.6. The Morgan fingerprint density at radius 1 is 1.25 bits per heavy atom. The van der Waals surface area contributed by atoms with Crippen LogP contribution in [0.5, 0.6) is 5.75 Å². The maximum Gasteiger partial charge on any atom is 0.122 e. The second-order valence-corrected chi connectivity index (χ2v) is 6.31. The van der Waals surface area contributed by atoms with Gasteiger partial charge in [0, 0.05) is 0 Å². The van der Waals surface area contributed by atoms with Gasteiger partial charge in [0.15, 0.2) is 0 Å². The lowest BCUT2D eigenvalue weighted by Gasteiger charge is -2.18. The normalized spacial score (nSPS) is 27.2. The zero-order valence-electron chi connectivity index (χ0n) is 12.6. The first kappa shape index (κ1) is 13.7. The molecule has 1 saturated carbocycles. The van der Waals surface area contributed by atoms with Crippen LogP contribution in [0, 0.1) is 24.7 Å². The largest absolute Gasteiger partial charge is 0.496 e. The van der Waals surface area contributed by atoms with Crippen molar-refractivity contribution < 1.29 is 4.74 Å². The number of aryl methyl sites for hydroxylation is 1. The molecule has 0 spiro atoms. The maximum atomic E-state index is 5.43. The minimum atomic E-state index is 0.848. The summed E-state index contributed by atoms with van der Waals surface area (Å²) in [7, 11) is 1.75. The van der Waals surface area contributed by atoms with Crippen LogP contribution in [0.2, 0.25) is 0 Å². The summed E-state index contributed by atoms with van der Waals surface area (Å²) in [6, 6.07) is 6.42. The van der Waals surface area contributed by atoms with E-state index in [2.05, 4.69) is 42.6 Å². The standard InChI is InChI=1S/C18H25NO/c1-13-3-6-18(20-2)16(9-13)7-8-19-12-17-11-14-4-5-15(17)10-14/h3-6,9,14-15,17,19H,7-8,10-12H2,1-2H3. The first-order valence-electron chi connectivity index (χ1n) is 7.79. The van der Waals surface area contributed by atoms with Gasteiger partial charge in [0.1, 0.15) is 5.75 Å². The Kier molecular flexibility index (Phi) is 4.11. The molecule has 3 rings (SSSR count). The van der Waals surface area contributed by atoms with Crippen LogP contribution < -0.4 is 10.1 Å². The average Bonchev–Trinajstić information content (AvgIpc) is 3.06. The molecule has 1 N–H and O–H groups in total. The van der Waals surface area contributed by atoms with Crippen LogP contribution >= 0.6 is 0 Å². The average molecular weight is 271 g/mol. The van der Waals surface area contributed by atoms with E-state index in [0.29, 0.717) is 0 Å². The van der Waals surface area contributed by atoms with E-state index in [1.54, 1.807) is 7.11 Å². The summed E-state index contributed by atoms with van der Waals surface area (Å²) >= 11 is 0. The fourth-order valence-electron chi connectivity index (χ4n) is 3.74. The predicted molar refractivity (Wildman–Crippen MR) is 83.1 cm³/mol. The van der Waals surface area contributed by atoms with Gasteiger partial charge in [-0.05, 0) is 68.7 Å². The van der Waals surface area contributed by atoms with Crippen LogP contribution in [0.4, 0.5) is 0 Å². The number of fused-ring (bicyclic) bond motifs is 2. The van der Waals surface area contributed by atoms with Gasteiger partial charge in [0.25, 0.3) is 0 Å². The maximum absolute atomic E-state index is 5.43. The monoisotopic (exact) mass is 271 g/mol. The Labute approximate surface area is 122 Å². The summed E-state index contributed by atoms with van der Waals surface area (Å²) in [6.07, 6.45) is 8.68. The zero-order chi connectivity index (χ0) is 13.9. The third kappa shape index (κ3) is 2.90. The van der Waals surface area contributed by atoms with Crippen molar-refractivity contribution in [1.82, 2.24) is 5.32 Å². The van der Waals surface area contributed by atoms with Crippen molar-refractivity contribution in [3.05, 3.63) is 41.5 Å². The molecule has 2 heteroatoms. The second-order valence-electron chi connectivity index (χ2n) is 6.31. The fourth-order valence-corrected chi connectivity index (χ4v) is 3.74. The molecule has 0 radical (unpaired) electrons. The van der Waals surface area contributed by atoms with E-state index >= 15 is 0 Å². The first-order chi connectivity index (χ1) is 9.76. The highest BCUT2D eigenvalue weighted by Gasteiger charge is 2.34. The van der Waals surface area contributed by atoms with Crippen molar-refractivity contribution in [2.45, 2.75) is 26.2 Å². The Bertz CT molecular complexity index is 494. The molecule has 0 aliphatic heterocycles. The van der Waals surface area contributed by atoms with Crippen LogP contribution in [-0.4, -0.2) is 20.2 Å². The van der Waals surface area contributed by atoms with Crippen molar-refractivity contribution in [1.29, 1.82) is 0 Å². The predicted octanol–water partition coefficient (Wildman–Crippen LogP) is 3.35. The third-order valence-corrected chi connectivity index (χ3v) is 4.83. The molecule has 3 atom stereocenters. The summed E-state index contributed by atoms with van der Waals surface area (Å²) in [5, 5.41) is 3.64. The van der Waals surface area contributed by atoms with Crippen LogP contribution in [0.25, 0.3) is 0 Å². The van der Waals surface area contributed by atoms with Crippen molar-refractivity contribution in [3.8, 4) is 5.75 Å². The van der Waals surface area contributed by atoms with Gasteiger partial charge >= 0.3 is 0 Å². The molecule has 1 fully saturated rings. The molecule has 1 aromatic rings. The summed E-state index contributed by atoms with van der Waals surface area (Å²) in [6.45, 7) is 4.34. The van der Waals surface area contributed by atoms with Gasteiger partial charge in [-0.15, -0.1) is 0 Å². The van der Waals surface area contributed by atoms with Crippen molar-refractivity contribution in [2.24, 2.45) is 17.8 Å². The van der Waals surface area contributed by atoms with Crippen molar-refractivity contribution in [2.75, 3.05) is 20.2 Å². The molecule has 2 nitrogen and oxygen atoms in total. The van der Waals surface area contributed by atoms with E-state index in [0.717, 1.165) is 36.5 Å². The molecule has 2 aliphatic rings. The second kappa shape index (κ2) is 6.01. The number of ether oxygens (including phenoxy) is 1. The molecule has 2 bridgehead atoms. The van der Waals surface area contributed by atoms with E-state index in [9.17, 15) is 0 Å². The van der Waals surface area contributed by atoms with Gasteiger partial charge in [-0.3, -0.25) is 0 Å². The smallest absolute Gasteiger partial charge is 0.122 e. The Morgan fingerprint density at radius 2 is 2.15 bits per heavy atom. The number of rotatable bonds is 6. The van der Waals surface area contributed by atoms with Crippen LogP contribution in [0.15, 0.2) is 30.4 Å². The molecule has 3 unspecified atom stereocenters. The molecule has 0 saturated heterocycles. The van der Waals surface area contributed by atoms with E-state index in [1.165, 1.54) is 30.5 Å². The van der Waals surface area contributed by atoms with E-state index < -0.39 is 0 Å². The van der Waals surface area contributed by atoms with E-state index in [1.807, 2.05) is 0 Å². The highest BCUT2D eigenvalue weighted by atomic mass is 16.5. The molecular formula is C18H25NO. The molecular weight excluding hydrogens is 246 g/mol. The quantitative estimate of drug-likeness (QED) is 0.633. The summed E-state index contributed by atoms with van der Waals surface area (Å²) in [5.74, 6) is 3.61. The van der Waals surface area contributed by atoms with Gasteiger partial charge in [-0.2, -0.15) is 0 Å². The first-order valence-corrected chi connectivity index (χ1v) is 7.79. The molecule has 108 valence electrons. The van der Waals surface area contributed by atoms with E-state index in [-0.39, 0.29) is 0 Å². The number of benzene rings is 1. The lowest BCUT2D eigenvalue weighted by Crippen LogP contribution is -2.27. The van der Waals surface area contributed by atoms with Gasteiger partial charge in [0.2, 0.25) is 0 Å². The topological polar surface area (TPSA) is 21.3 Å². The van der Waals surface area contributed by atoms with Gasteiger partial charge < -0.3 is 10.1 Å². The van der Waals surface area contributed by atoms with Gasteiger partial charge in [-0.1, -0.05) is 29.8 Å². The molecule has 0 aromatic heterocycles. The third-order valence-electron chi connectivity index (χ3n) is 4.83. The van der Waals surface area contributed by atoms with Crippen molar-refractivity contribution in [3.63, 3.8) is 0 Å². The van der Waals surface area contributed by atoms with Crippen LogP contribution in [0.3, 0.4) is 0 Å². The number of allylic oxidation sites excluding steroid dienone is 2. The van der Waals surface area contributed by atoms with Crippen LogP contribution in [0.1, 0.15) is 24.0 Å². The SMILES string of the molecule is COc1ccc(C)cc1CCNCC1CC2C=CC1C2. The summed E-state index contributed by atoms with van der Waals surface area (Å²) in [5.41, 5.74) is 2.62. The van der Waals surface area contributed by atoms with Crippen molar-refractivity contribution >= 4 is 0 Å². The summed E-state index contributed by atoms with van der Waals surface area (Å²) < 4.78 is 5.43. The summed E-state index contributed by atoms with van der Waals surface area (Å²) in [4.78, 5) is 0. The minimum absolute atomic E-state index is 0.848. The Balaban J connectivity index is 1.46.